The normalized spacial score (nSPS) is 12.8. The van der Waals surface area contributed by atoms with E-state index in [0.29, 0.717) is 6.07 Å². The van der Waals surface area contributed by atoms with Crippen molar-refractivity contribution in [1.29, 1.82) is 0 Å². The van der Waals surface area contributed by atoms with Gasteiger partial charge in [0.1, 0.15) is 4.90 Å². The number of rotatable bonds is 2. The average molecular weight is 313 g/mol. The highest BCUT2D eigenvalue weighted by Gasteiger charge is 2.50. The number of sulfone groups is 1. The highest BCUT2D eigenvalue weighted by molar-refractivity contribution is 7.92. The molecule has 2 rings (SSSR count). The minimum atomic E-state index is -5.92. The second-order valence-corrected chi connectivity index (χ2v) is 5.36. The summed E-state index contributed by atoms with van der Waals surface area (Å²) in [6.07, 6.45) is 0. The third-order valence-electron chi connectivity index (χ3n) is 2.25. The second kappa shape index (κ2) is 4.03. The quantitative estimate of drug-likeness (QED) is 0.452. The Morgan fingerprint density at radius 2 is 1.95 bits per heavy atom. The molecule has 0 unspecified atom stereocenters. The summed E-state index contributed by atoms with van der Waals surface area (Å²) in [5.41, 5.74) is -8.47. The monoisotopic (exact) mass is 313 g/mol. The van der Waals surface area contributed by atoms with Crippen LogP contribution in [-0.2, 0) is 9.84 Å². The van der Waals surface area contributed by atoms with Gasteiger partial charge in [0.25, 0.3) is 21.0 Å². The summed E-state index contributed by atoms with van der Waals surface area (Å²) in [5.74, 6) is 0. The van der Waals surface area contributed by atoms with Crippen LogP contribution in [0.3, 0.4) is 0 Å². The number of non-ortho nitro benzene ring substituents is 1. The molecule has 13 heteroatoms. The van der Waals surface area contributed by atoms with Crippen LogP contribution < -0.4 is 4.90 Å². The van der Waals surface area contributed by atoms with E-state index >= 15 is 0 Å². The Labute approximate surface area is 106 Å². The van der Waals surface area contributed by atoms with Crippen LogP contribution >= 0.6 is 0 Å². The van der Waals surface area contributed by atoms with E-state index in [-0.39, 0.29) is 6.07 Å². The molecule has 0 saturated carbocycles. The molecule has 0 N–H and O–H groups in total. The molecule has 20 heavy (non-hydrogen) atoms. The summed E-state index contributed by atoms with van der Waals surface area (Å²) in [7, 11) is -5.92. The molecule has 0 aliphatic heterocycles. The maximum Gasteiger partial charge on any atom is 0.502 e. The Morgan fingerprint density at radius 3 is 2.45 bits per heavy atom. The lowest BCUT2D eigenvalue weighted by Crippen LogP contribution is -2.25. The molecule has 0 aliphatic carbocycles. The minimum absolute atomic E-state index is 0.160. The van der Waals surface area contributed by atoms with Crippen molar-refractivity contribution in [2.75, 3.05) is 0 Å². The molecule has 0 aliphatic rings. The van der Waals surface area contributed by atoms with Crippen LogP contribution in [0, 0.1) is 15.3 Å². The first-order valence-electron chi connectivity index (χ1n) is 4.55. The van der Waals surface area contributed by atoms with Crippen molar-refractivity contribution >= 4 is 26.6 Å². The summed E-state index contributed by atoms with van der Waals surface area (Å²) in [5, 5.41) is 24.5. The van der Waals surface area contributed by atoms with Crippen molar-refractivity contribution < 1.29 is 36.0 Å². The van der Waals surface area contributed by atoms with E-state index in [4.69, 9.17) is 0 Å². The molecule has 0 fully saturated rings. The first kappa shape index (κ1) is 14.0. The summed E-state index contributed by atoms with van der Waals surface area (Å²) in [6, 6.07) is 0.710. The van der Waals surface area contributed by atoms with Crippen molar-refractivity contribution in [2.45, 2.75) is 10.4 Å². The van der Waals surface area contributed by atoms with Gasteiger partial charge in [-0.1, -0.05) is 0 Å². The number of hydrogen-bond donors (Lipinski definition) is 0. The summed E-state index contributed by atoms with van der Waals surface area (Å²) in [4.78, 5) is 7.47. The number of nitro groups is 1. The minimum Gasteiger partial charge on any atom is -0.359 e. The number of alkyl halides is 3. The SMILES string of the molecule is O=[N+]([O-])c1cc(S(=O)(=O)C(F)(F)F)c2no[n+]([O-])c2c1. The largest absolute Gasteiger partial charge is 0.502 e. The van der Waals surface area contributed by atoms with Crippen molar-refractivity contribution in [1.82, 2.24) is 5.16 Å². The van der Waals surface area contributed by atoms with E-state index in [1.165, 1.54) is 0 Å². The van der Waals surface area contributed by atoms with Crippen LogP contribution in [0.2, 0.25) is 0 Å². The van der Waals surface area contributed by atoms with Gasteiger partial charge in [-0.2, -0.15) is 13.2 Å². The second-order valence-electron chi connectivity index (χ2n) is 3.45. The van der Waals surface area contributed by atoms with Crippen molar-refractivity contribution in [3.8, 4) is 0 Å². The van der Waals surface area contributed by atoms with Gasteiger partial charge in [0, 0.05) is 11.2 Å². The molecule has 1 heterocycles. The maximum absolute atomic E-state index is 12.5. The molecule has 0 amide bonds. The van der Waals surface area contributed by atoms with Gasteiger partial charge in [-0.15, -0.1) is 0 Å². The van der Waals surface area contributed by atoms with E-state index in [2.05, 4.69) is 9.79 Å². The number of benzene rings is 1. The summed E-state index contributed by atoms with van der Waals surface area (Å²) < 4.78 is 64.0. The number of nitro benzene ring substituents is 1. The van der Waals surface area contributed by atoms with E-state index < -0.39 is 46.8 Å². The smallest absolute Gasteiger partial charge is 0.359 e. The van der Waals surface area contributed by atoms with Crippen LogP contribution in [-0.4, -0.2) is 24.0 Å². The zero-order chi connectivity index (χ0) is 15.3. The fourth-order valence-electron chi connectivity index (χ4n) is 1.37. The Bertz CT molecular complexity index is 811. The molecule has 0 atom stereocenters. The lowest BCUT2D eigenvalue weighted by molar-refractivity contribution is -0.782. The molecule has 2 aromatic rings. The topological polar surface area (TPSA) is 130 Å². The molecular formula is C7H2F3N3O6S. The molecule has 0 saturated heterocycles. The molecule has 9 nitrogen and oxygen atoms in total. The first-order valence-corrected chi connectivity index (χ1v) is 6.03. The van der Waals surface area contributed by atoms with Crippen molar-refractivity contribution in [2.24, 2.45) is 0 Å². The predicted octanol–water partition coefficient (Wildman–Crippen LogP) is 0.663. The Hall–Kier alpha value is -2.44. The molecule has 0 radical (unpaired) electrons. The van der Waals surface area contributed by atoms with Gasteiger partial charge in [0.05, 0.1) is 11.0 Å². The van der Waals surface area contributed by atoms with Gasteiger partial charge in [0.15, 0.2) is 0 Å². The number of aromatic nitrogens is 2. The zero-order valence-corrected chi connectivity index (χ0v) is 9.80. The van der Waals surface area contributed by atoms with Crippen LogP contribution in [0.4, 0.5) is 18.9 Å². The summed E-state index contributed by atoms with van der Waals surface area (Å²) >= 11 is 0. The number of halogens is 3. The maximum atomic E-state index is 12.5. The van der Waals surface area contributed by atoms with E-state index in [0.717, 1.165) is 0 Å². The fraction of sp³-hybridized carbons (Fsp3) is 0.143. The van der Waals surface area contributed by atoms with Crippen LogP contribution in [0.15, 0.2) is 21.7 Å². The molecule has 108 valence electrons. The number of fused-ring (bicyclic) bond motifs is 1. The van der Waals surface area contributed by atoms with Gasteiger partial charge < -0.3 is 5.21 Å². The van der Waals surface area contributed by atoms with Gasteiger partial charge in [-0.05, 0) is 4.90 Å². The highest BCUT2D eigenvalue weighted by atomic mass is 32.2. The number of hydrogen-bond acceptors (Lipinski definition) is 7. The molecule has 0 bridgehead atoms. The molecule has 1 aromatic carbocycles. The lowest BCUT2D eigenvalue weighted by Gasteiger charge is -2.06. The standard InChI is InChI=1S/C7H2F3N3O6S/c8-7(9,10)20(17,18)5-2-3(12(14)15)1-4-6(5)11-19-13(4)16/h1-2H. The van der Waals surface area contributed by atoms with Crippen LogP contribution in [0.25, 0.3) is 11.0 Å². The average Bonchev–Trinajstić information content (AvgIpc) is 2.68. The highest BCUT2D eigenvalue weighted by Crippen LogP contribution is 2.35. The van der Waals surface area contributed by atoms with Gasteiger partial charge in [-0.3, -0.25) is 14.7 Å². The number of nitrogens with zero attached hydrogens (tertiary/aromatic N) is 3. The van der Waals surface area contributed by atoms with E-state index in [1.54, 1.807) is 0 Å². The van der Waals surface area contributed by atoms with Gasteiger partial charge in [-0.25, -0.2) is 8.42 Å². The Morgan fingerprint density at radius 1 is 1.35 bits per heavy atom. The first-order chi connectivity index (χ1) is 9.05. The summed E-state index contributed by atoms with van der Waals surface area (Å²) in [6.45, 7) is 0. The third kappa shape index (κ3) is 1.91. The van der Waals surface area contributed by atoms with E-state index in [9.17, 15) is 36.9 Å². The van der Waals surface area contributed by atoms with Gasteiger partial charge in [0.2, 0.25) is 5.52 Å². The Kier molecular flexibility index (Phi) is 2.81. The predicted molar refractivity (Wildman–Crippen MR) is 52.9 cm³/mol. The molecule has 0 spiro atoms. The Balaban J connectivity index is 2.92. The third-order valence-corrected chi connectivity index (χ3v) is 3.75. The lowest BCUT2D eigenvalue weighted by atomic mass is 10.3. The van der Waals surface area contributed by atoms with Crippen LogP contribution in [0.5, 0.6) is 0 Å². The zero-order valence-electron chi connectivity index (χ0n) is 8.99. The van der Waals surface area contributed by atoms with E-state index in [1.807, 2.05) is 0 Å². The fourth-order valence-corrected chi connectivity index (χ4v) is 2.29. The van der Waals surface area contributed by atoms with Crippen molar-refractivity contribution in [3.63, 3.8) is 0 Å². The van der Waals surface area contributed by atoms with Gasteiger partial charge >= 0.3 is 5.51 Å². The van der Waals surface area contributed by atoms with Crippen LogP contribution in [0.1, 0.15) is 0 Å². The van der Waals surface area contributed by atoms with Crippen molar-refractivity contribution in [3.05, 3.63) is 27.5 Å². The molecule has 1 aromatic heterocycles. The molecular weight excluding hydrogens is 311 g/mol.